The van der Waals surface area contributed by atoms with Gasteiger partial charge in [0, 0.05) is 10.9 Å². The van der Waals surface area contributed by atoms with Crippen LogP contribution in [0.1, 0.15) is 31.2 Å². The monoisotopic (exact) mass is 457 g/mol. The molecule has 150 valence electrons. The lowest BCUT2D eigenvalue weighted by molar-refractivity contribution is -0.139. The Labute approximate surface area is 175 Å². The fraction of sp³-hybridized carbons (Fsp3) is 0.238. The number of rotatable bonds is 8. The fourth-order valence-corrected chi connectivity index (χ4v) is 3.13. The first-order valence-electron chi connectivity index (χ1n) is 9.18. The minimum atomic E-state index is -1.05. The summed E-state index contributed by atoms with van der Waals surface area (Å²) >= 11 is 3.39. The first-order valence-corrected chi connectivity index (χ1v) is 9.97. The van der Waals surface area contributed by atoms with Crippen molar-refractivity contribution in [3.05, 3.63) is 68.7 Å². The largest absolute Gasteiger partial charge is 0.482 e. The quantitative estimate of drug-likeness (QED) is 0.518. The maximum absolute atomic E-state index is 13.0. The standard InChI is InChI=1S/C21H20BrN3O4/c1-2-3-7-19-24-18-9-8-15(22)11-17(18)21(28)25(19)23-12-14-5-4-6-16(10-14)29-13-20(26)27/h4-6,8-12H,2-3,7,13H2,1H3,(H,26,27). The number of carboxylic acids is 1. The van der Waals surface area contributed by atoms with E-state index >= 15 is 0 Å². The van der Waals surface area contributed by atoms with Crippen molar-refractivity contribution in [3.8, 4) is 5.75 Å². The molecule has 0 unspecified atom stereocenters. The Kier molecular flexibility index (Phi) is 6.77. The van der Waals surface area contributed by atoms with E-state index < -0.39 is 12.6 Å². The number of carboxylic acid groups (broad SMARTS) is 1. The van der Waals surface area contributed by atoms with Gasteiger partial charge in [-0.15, -0.1) is 0 Å². The molecule has 3 rings (SSSR count). The normalized spacial score (nSPS) is 11.2. The van der Waals surface area contributed by atoms with Gasteiger partial charge in [0.05, 0.1) is 17.1 Å². The van der Waals surface area contributed by atoms with Crippen LogP contribution in [0.2, 0.25) is 0 Å². The van der Waals surface area contributed by atoms with Crippen molar-refractivity contribution in [1.82, 2.24) is 9.66 Å². The Morgan fingerprint density at radius 2 is 2.14 bits per heavy atom. The topological polar surface area (TPSA) is 93.8 Å². The number of hydrogen-bond acceptors (Lipinski definition) is 5. The minimum Gasteiger partial charge on any atom is -0.482 e. The average Bonchev–Trinajstić information content (AvgIpc) is 2.71. The molecule has 1 aromatic heterocycles. The Bertz CT molecular complexity index is 1120. The highest BCUT2D eigenvalue weighted by atomic mass is 79.9. The SMILES string of the molecule is CCCCc1nc2ccc(Br)cc2c(=O)n1N=Cc1cccc(OCC(=O)O)c1. The molecule has 0 atom stereocenters. The van der Waals surface area contributed by atoms with Crippen LogP contribution in [0.5, 0.6) is 5.75 Å². The summed E-state index contributed by atoms with van der Waals surface area (Å²) in [6.07, 6.45) is 4.04. The molecular formula is C21H20BrN3O4. The summed E-state index contributed by atoms with van der Waals surface area (Å²) in [5, 5.41) is 13.6. The Hall–Kier alpha value is -3.00. The van der Waals surface area contributed by atoms with Gasteiger partial charge in [0.25, 0.3) is 5.56 Å². The van der Waals surface area contributed by atoms with Gasteiger partial charge in [-0.2, -0.15) is 9.78 Å². The van der Waals surface area contributed by atoms with E-state index in [-0.39, 0.29) is 5.56 Å². The fourth-order valence-electron chi connectivity index (χ4n) is 2.76. The van der Waals surface area contributed by atoms with E-state index in [2.05, 4.69) is 32.9 Å². The van der Waals surface area contributed by atoms with Crippen molar-refractivity contribution < 1.29 is 14.6 Å². The molecule has 1 N–H and O–H groups in total. The molecule has 0 bridgehead atoms. The van der Waals surface area contributed by atoms with Crippen LogP contribution in [0, 0.1) is 0 Å². The lowest BCUT2D eigenvalue weighted by atomic mass is 10.2. The number of nitrogens with zero attached hydrogens (tertiary/aromatic N) is 3. The van der Waals surface area contributed by atoms with Gasteiger partial charge in [-0.05, 0) is 42.3 Å². The summed E-state index contributed by atoms with van der Waals surface area (Å²) < 4.78 is 7.31. The lowest BCUT2D eigenvalue weighted by Gasteiger charge is -2.09. The van der Waals surface area contributed by atoms with Crippen LogP contribution < -0.4 is 10.3 Å². The molecule has 0 radical (unpaired) electrons. The van der Waals surface area contributed by atoms with E-state index in [1.54, 1.807) is 30.3 Å². The molecule has 3 aromatic rings. The molecule has 0 saturated heterocycles. The number of ether oxygens (including phenoxy) is 1. The number of halogens is 1. The average molecular weight is 458 g/mol. The van der Waals surface area contributed by atoms with Gasteiger partial charge in [0.2, 0.25) is 0 Å². The zero-order valence-electron chi connectivity index (χ0n) is 15.8. The third-order valence-corrected chi connectivity index (χ3v) is 4.67. The predicted octanol–water partition coefficient (Wildman–Crippen LogP) is 3.85. The summed E-state index contributed by atoms with van der Waals surface area (Å²) in [6.45, 7) is 1.65. The molecule has 0 spiro atoms. The molecule has 8 heteroatoms. The van der Waals surface area contributed by atoms with E-state index in [1.807, 2.05) is 12.1 Å². The van der Waals surface area contributed by atoms with Gasteiger partial charge in [-0.3, -0.25) is 4.79 Å². The number of aromatic nitrogens is 2. The van der Waals surface area contributed by atoms with Crippen LogP contribution in [0.15, 0.2) is 56.8 Å². The summed E-state index contributed by atoms with van der Waals surface area (Å²) in [5.74, 6) is -0.0405. The number of carbonyl (C=O) groups is 1. The molecule has 7 nitrogen and oxygen atoms in total. The Morgan fingerprint density at radius 3 is 2.90 bits per heavy atom. The van der Waals surface area contributed by atoms with Crippen molar-refractivity contribution in [2.45, 2.75) is 26.2 Å². The second kappa shape index (κ2) is 9.47. The van der Waals surface area contributed by atoms with Gasteiger partial charge >= 0.3 is 5.97 Å². The van der Waals surface area contributed by atoms with E-state index in [1.165, 1.54) is 10.9 Å². The van der Waals surface area contributed by atoms with E-state index in [9.17, 15) is 9.59 Å². The molecule has 2 aromatic carbocycles. The Morgan fingerprint density at radius 1 is 1.31 bits per heavy atom. The highest BCUT2D eigenvalue weighted by Crippen LogP contribution is 2.17. The molecule has 29 heavy (non-hydrogen) atoms. The van der Waals surface area contributed by atoms with Crippen LogP contribution in [-0.2, 0) is 11.2 Å². The van der Waals surface area contributed by atoms with Crippen LogP contribution >= 0.6 is 15.9 Å². The van der Waals surface area contributed by atoms with Crippen molar-refractivity contribution in [3.63, 3.8) is 0 Å². The summed E-state index contributed by atoms with van der Waals surface area (Å²) in [6, 6.07) is 12.2. The Balaban J connectivity index is 1.99. The predicted molar refractivity (Wildman–Crippen MR) is 115 cm³/mol. The van der Waals surface area contributed by atoms with Crippen molar-refractivity contribution in [1.29, 1.82) is 0 Å². The van der Waals surface area contributed by atoms with Crippen LogP contribution in [0.3, 0.4) is 0 Å². The number of aliphatic carboxylic acids is 1. The van der Waals surface area contributed by atoms with Crippen LogP contribution in [0.4, 0.5) is 0 Å². The number of hydrogen-bond donors (Lipinski definition) is 1. The first-order chi connectivity index (χ1) is 14.0. The van der Waals surface area contributed by atoms with Crippen molar-refractivity contribution in [2.75, 3.05) is 6.61 Å². The molecule has 0 aliphatic rings. The minimum absolute atomic E-state index is 0.239. The van der Waals surface area contributed by atoms with Gasteiger partial charge < -0.3 is 9.84 Å². The van der Waals surface area contributed by atoms with Gasteiger partial charge in [0.15, 0.2) is 6.61 Å². The number of fused-ring (bicyclic) bond motifs is 1. The zero-order valence-corrected chi connectivity index (χ0v) is 17.4. The van der Waals surface area contributed by atoms with Crippen LogP contribution in [0.25, 0.3) is 10.9 Å². The van der Waals surface area contributed by atoms with Crippen molar-refractivity contribution in [2.24, 2.45) is 5.10 Å². The number of aryl methyl sites for hydroxylation is 1. The molecule has 0 aliphatic carbocycles. The zero-order chi connectivity index (χ0) is 20.8. The highest BCUT2D eigenvalue weighted by molar-refractivity contribution is 9.10. The van der Waals surface area contributed by atoms with Crippen LogP contribution in [-0.4, -0.2) is 33.6 Å². The molecule has 1 heterocycles. The van der Waals surface area contributed by atoms with E-state index in [0.717, 1.165) is 17.3 Å². The first kappa shape index (κ1) is 20.7. The van der Waals surface area contributed by atoms with Gasteiger partial charge in [0.1, 0.15) is 11.6 Å². The maximum atomic E-state index is 13.0. The summed E-state index contributed by atoms with van der Waals surface area (Å²) in [4.78, 5) is 28.3. The number of unbranched alkanes of at least 4 members (excludes halogenated alkanes) is 1. The van der Waals surface area contributed by atoms with Crippen molar-refractivity contribution >= 4 is 39.0 Å². The van der Waals surface area contributed by atoms with E-state index in [0.29, 0.717) is 34.5 Å². The molecule has 0 saturated carbocycles. The summed E-state index contributed by atoms with van der Waals surface area (Å²) in [7, 11) is 0. The number of benzene rings is 2. The highest BCUT2D eigenvalue weighted by Gasteiger charge is 2.11. The van der Waals surface area contributed by atoms with Gasteiger partial charge in [-0.25, -0.2) is 9.78 Å². The third kappa shape index (κ3) is 5.29. The molecule has 0 aliphatic heterocycles. The molecule has 0 amide bonds. The van der Waals surface area contributed by atoms with Gasteiger partial charge in [-0.1, -0.05) is 41.4 Å². The lowest BCUT2D eigenvalue weighted by Crippen LogP contribution is -2.22. The third-order valence-electron chi connectivity index (χ3n) is 4.17. The molecular weight excluding hydrogens is 438 g/mol. The second-order valence-electron chi connectivity index (χ2n) is 6.41. The summed E-state index contributed by atoms with van der Waals surface area (Å²) in [5.41, 5.74) is 1.08. The van der Waals surface area contributed by atoms with E-state index in [4.69, 9.17) is 9.84 Å². The smallest absolute Gasteiger partial charge is 0.341 e. The second-order valence-corrected chi connectivity index (χ2v) is 7.33. The molecule has 0 fully saturated rings. The maximum Gasteiger partial charge on any atom is 0.341 e.